The second-order valence-corrected chi connectivity index (χ2v) is 5.52. The fraction of sp³-hybridized carbons (Fsp3) is 1.00. The predicted molar refractivity (Wildman–Crippen MR) is 54.8 cm³/mol. The molecule has 0 aromatic carbocycles. The molecule has 0 aliphatic carbocycles. The Kier molecular flexibility index (Phi) is 4.88. The minimum Gasteiger partial charge on any atom is -0.411 e. The van der Waals surface area contributed by atoms with E-state index in [0.29, 0.717) is 0 Å². The maximum absolute atomic E-state index is 5.27. The number of nitrogens with zero attached hydrogens (tertiary/aromatic N) is 1. The van der Waals surface area contributed by atoms with Crippen LogP contribution in [0.4, 0.5) is 0 Å². The van der Waals surface area contributed by atoms with E-state index in [1.807, 2.05) is 7.11 Å². The summed E-state index contributed by atoms with van der Waals surface area (Å²) in [7, 11) is 1.50. The van der Waals surface area contributed by atoms with Gasteiger partial charge in [-0.15, -0.1) is 0 Å². The maximum Gasteiger partial charge on any atom is 0.238 e. The Balaban J connectivity index is 2.20. The highest BCUT2D eigenvalue weighted by molar-refractivity contribution is 6.23. The molecule has 0 aromatic rings. The molecule has 1 aliphatic rings. The third kappa shape index (κ3) is 3.25. The van der Waals surface area contributed by atoms with Crippen LogP contribution in [-0.2, 0) is 4.43 Å². The lowest BCUT2D eigenvalue weighted by Crippen LogP contribution is -2.38. The molecule has 0 bridgehead atoms. The van der Waals surface area contributed by atoms with E-state index in [-0.39, 0.29) is 9.92 Å². The van der Waals surface area contributed by atoms with Crippen LogP contribution in [0.25, 0.3) is 0 Å². The second kappa shape index (κ2) is 5.73. The first-order valence-electron chi connectivity index (χ1n) is 5.08. The summed E-state index contributed by atoms with van der Waals surface area (Å²) >= 11 is 0. The van der Waals surface area contributed by atoms with Crippen LogP contribution in [0, 0.1) is 5.92 Å². The fourth-order valence-corrected chi connectivity index (χ4v) is 3.28. The van der Waals surface area contributed by atoms with Crippen molar-refractivity contribution in [2.24, 2.45) is 5.92 Å². The van der Waals surface area contributed by atoms with Gasteiger partial charge in [-0.3, -0.25) is 0 Å². The average Bonchev–Trinajstić information content (AvgIpc) is 2.06. The van der Waals surface area contributed by atoms with Gasteiger partial charge in [0, 0.05) is 7.11 Å². The first-order chi connectivity index (χ1) is 5.86. The van der Waals surface area contributed by atoms with Crippen molar-refractivity contribution >= 4 is 9.92 Å². The zero-order valence-electron chi connectivity index (χ0n) is 8.38. The summed E-state index contributed by atoms with van der Waals surface area (Å²) in [4.78, 5) is 0. The van der Waals surface area contributed by atoms with Crippen LogP contribution in [0.15, 0.2) is 0 Å². The Labute approximate surface area is 78.3 Å². The molecule has 72 valence electrons. The maximum atomic E-state index is 5.27. The van der Waals surface area contributed by atoms with Crippen molar-refractivity contribution < 1.29 is 4.43 Å². The highest BCUT2D eigenvalue weighted by Crippen LogP contribution is 2.19. The molecule has 1 aliphatic heterocycles. The summed E-state index contributed by atoms with van der Waals surface area (Å²) in [6.45, 7) is 4.89. The molecule has 1 saturated heterocycles. The Morgan fingerprint density at radius 3 is 3.08 bits per heavy atom. The molecule has 2 nitrogen and oxygen atoms in total. The summed E-state index contributed by atoms with van der Waals surface area (Å²) in [6.07, 6.45) is 5.59. The van der Waals surface area contributed by atoms with E-state index >= 15 is 0 Å². The highest BCUT2D eigenvalue weighted by atomic mass is 28.2. The summed E-state index contributed by atoms with van der Waals surface area (Å²) in [6, 6.07) is 0. The Bertz CT molecular complexity index is 105. The lowest BCUT2D eigenvalue weighted by atomic mass is 9.95. The van der Waals surface area contributed by atoms with Gasteiger partial charge in [-0.05, 0) is 38.3 Å². The minimum absolute atomic E-state index is 0.340. The third-order valence-corrected chi connectivity index (χ3v) is 3.81. The van der Waals surface area contributed by atoms with Crippen molar-refractivity contribution in [3.05, 3.63) is 0 Å². The van der Waals surface area contributed by atoms with Crippen molar-refractivity contribution in [1.29, 1.82) is 0 Å². The lowest BCUT2D eigenvalue weighted by Gasteiger charge is -2.31. The quantitative estimate of drug-likeness (QED) is 0.612. The lowest BCUT2D eigenvalue weighted by molar-refractivity contribution is 0.230. The van der Waals surface area contributed by atoms with Gasteiger partial charge in [0.05, 0.1) is 0 Å². The van der Waals surface area contributed by atoms with E-state index in [1.54, 1.807) is 0 Å². The SMILES string of the molecule is CCCC1CCCN([SiH2]OC)C1. The third-order valence-electron chi connectivity index (χ3n) is 2.61. The van der Waals surface area contributed by atoms with Crippen LogP contribution in [0.1, 0.15) is 32.6 Å². The van der Waals surface area contributed by atoms with Gasteiger partial charge >= 0.3 is 0 Å². The smallest absolute Gasteiger partial charge is 0.238 e. The topological polar surface area (TPSA) is 12.5 Å². The molecular weight excluding hydrogens is 166 g/mol. The summed E-state index contributed by atoms with van der Waals surface area (Å²) in [5, 5.41) is 0. The van der Waals surface area contributed by atoms with Crippen LogP contribution in [0.3, 0.4) is 0 Å². The summed E-state index contributed by atoms with van der Waals surface area (Å²) in [5.41, 5.74) is 0. The van der Waals surface area contributed by atoms with Gasteiger partial charge in [-0.25, -0.2) is 0 Å². The van der Waals surface area contributed by atoms with Crippen LogP contribution in [-0.4, -0.2) is 34.7 Å². The van der Waals surface area contributed by atoms with Gasteiger partial charge in [0.1, 0.15) is 0 Å². The highest BCUT2D eigenvalue weighted by Gasteiger charge is 2.18. The summed E-state index contributed by atoms with van der Waals surface area (Å²) in [5.74, 6) is 0.964. The van der Waals surface area contributed by atoms with E-state index in [1.165, 1.54) is 38.8 Å². The summed E-state index contributed by atoms with van der Waals surface area (Å²) < 4.78 is 7.83. The van der Waals surface area contributed by atoms with Gasteiger partial charge in [-0.2, -0.15) is 0 Å². The van der Waals surface area contributed by atoms with Gasteiger partial charge in [0.15, 0.2) is 0 Å². The molecule has 1 heterocycles. The van der Waals surface area contributed by atoms with Gasteiger partial charge < -0.3 is 8.99 Å². The van der Waals surface area contributed by atoms with Gasteiger partial charge in [0.2, 0.25) is 9.92 Å². The Hall–Kier alpha value is 0.137. The molecule has 3 heteroatoms. The molecule has 0 saturated carbocycles. The van der Waals surface area contributed by atoms with E-state index in [4.69, 9.17) is 4.43 Å². The van der Waals surface area contributed by atoms with Crippen LogP contribution in [0.5, 0.6) is 0 Å². The van der Waals surface area contributed by atoms with Crippen molar-refractivity contribution in [1.82, 2.24) is 4.57 Å². The Morgan fingerprint density at radius 2 is 2.42 bits per heavy atom. The van der Waals surface area contributed by atoms with Crippen LogP contribution in [0.2, 0.25) is 0 Å². The van der Waals surface area contributed by atoms with E-state index in [2.05, 4.69) is 11.5 Å². The molecule has 0 amide bonds. The first kappa shape index (κ1) is 10.2. The predicted octanol–water partition coefficient (Wildman–Crippen LogP) is 1.14. The largest absolute Gasteiger partial charge is 0.411 e. The number of rotatable bonds is 4. The van der Waals surface area contributed by atoms with Gasteiger partial charge in [-0.1, -0.05) is 13.3 Å². The molecular formula is C9H21NOSi. The first-order valence-corrected chi connectivity index (χ1v) is 6.29. The number of piperidine rings is 1. The molecule has 1 rings (SSSR count). The molecule has 1 atom stereocenters. The van der Waals surface area contributed by atoms with Gasteiger partial charge in [0.25, 0.3) is 0 Å². The van der Waals surface area contributed by atoms with E-state index < -0.39 is 0 Å². The normalized spacial score (nSPS) is 27.0. The molecule has 0 N–H and O–H groups in total. The molecule has 12 heavy (non-hydrogen) atoms. The average molecular weight is 187 g/mol. The molecule has 1 unspecified atom stereocenters. The van der Waals surface area contributed by atoms with E-state index in [0.717, 1.165) is 5.92 Å². The minimum atomic E-state index is -0.340. The van der Waals surface area contributed by atoms with Crippen molar-refractivity contribution in [3.8, 4) is 0 Å². The van der Waals surface area contributed by atoms with Crippen LogP contribution >= 0.6 is 0 Å². The van der Waals surface area contributed by atoms with Crippen LogP contribution < -0.4 is 0 Å². The monoisotopic (exact) mass is 187 g/mol. The molecule has 1 fully saturated rings. The standard InChI is InChI=1S/C9H21NOSi/c1-3-5-9-6-4-7-10(8-9)12-11-2/h9H,3-8,12H2,1-2H3. The molecule has 0 radical (unpaired) electrons. The van der Waals surface area contributed by atoms with Crippen molar-refractivity contribution in [3.63, 3.8) is 0 Å². The number of hydrogen-bond acceptors (Lipinski definition) is 2. The second-order valence-electron chi connectivity index (χ2n) is 3.79. The number of hydrogen-bond donors (Lipinski definition) is 0. The van der Waals surface area contributed by atoms with Crippen molar-refractivity contribution in [2.75, 3.05) is 20.2 Å². The fourth-order valence-electron chi connectivity index (χ4n) is 2.09. The Morgan fingerprint density at radius 1 is 1.58 bits per heavy atom. The molecule has 0 aromatic heterocycles. The molecule has 0 spiro atoms. The zero-order chi connectivity index (χ0) is 8.81. The van der Waals surface area contributed by atoms with Crippen molar-refractivity contribution in [2.45, 2.75) is 32.6 Å². The van der Waals surface area contributed by atoms with E-state index in [9.17, 15) is 0 Å². The zero-order valence-corrected chi connectivity index (χ0v) is 9.80.